The van der Waals surface area contributed by atoms with Crippen LogP contribution in [0.3, 0.4) is 0 Å². The molecule has 2 N–H and O–H groups in total. The number of furan rings is 1. The number of hydrogen-bond acceptors (Lipinski definition) is 4. The van der Waals surface area contributed by atoms with Gasteiger partial charge in [-0.25, -0.2) is 18.1 Å². The first kappa shape index (κ1) is 11.9. The Balaban J connectivity index is 2.01. The van der Waals surface area contributed by atoms with Gasteiger partial charge >= 0.3 is 0 Å². The van der Waals surface area contributed by atoms with Crippen LogP contribution in [-0.4, -0.2) is 24.4 Å². The van der Waals surface area contributed by atoms with E-state index in [2.05, 4.69) is 14.7 Å². The van der Waals surface area contributed by atoms with Crippen LogP contribution in [0.25, 0.3) is 0 Å². The summed E-state index contributed by atoms with van der Waals surface area (Å²) < 4.78 is 31.3. The van der Waals surface area contributed by atoms with E-state index in [-0.39, 0.29) is 11.1 Å². The van der Waals surface area contributed by atoms with Gasteiger partial charge in [0.25, 0.3) is 10.0 Å². The molecule has 0 aliphatic rings. The molecule has 1 atom stereocenters. The van der Waals surface area contributed by atoms with Crippen molar-refractivity contribution in [2.75, 3.05) is 0 Å². The Morgan fingerprint density at radius 1 is 1.59 bits per heavy atom. The molecule has 0 bridgehead atoms. The fraction of sp³-hybridized carbons (Fsp3) is 0.300. The van der Waals surface area contributed by atoms with Crippen molar-refractivity contribution < 1.29 is 12.8 Å². The minimum absolute atomic E-state index is 0.0591. The molecule has 2 heterocycles. The van der Waals surface area contributed by atoms with Crippen LogP contribution in [0.1, 0.15) is 12.7 Å². The molecule has 7 heteroatoms. The minimum Gasteiger partial charge on any atom is -0.469 e. The lowest BCUT2D eigenvalue weighted by Crippen LogP contribution is -2.34. The normalized spacial score (nSPS) is 13.7. The fourth-order valence-electron chi connectivity index (χ4n) is 1.49. The van der Waals surface area contributed by atoms with Crippen LogP contribution in [0.15, 0.2) is 40.4 Å². The summed E-state index contributed by atoms with van der Waals surface area (Å²) in [5.74, 6) is 0.741. The Bertz CT molecular complexity index is 546. The Morgan fingerprint density at radius 2 is 2.41 bits per heavy atom. The summed E-state index contributed by atoms with van der Waals surface area (Å²) in [7, 11) is -3.53. The molecule has 0 aliphatic heterocycles. The zero-order chi connectivity index (χ0) is 12.3. The Morgan fingerprint density at radius 3 is 3.00 bits per heavy atom. The lowest BCUT2D eigenvalue weighted by atomic mass is 10.2. The van der Waals surface area contributed by atoms with Crippen LogP contribution in [0.4, 0.5) is 0 Å². The highest BCUT2D eigenvalue weighted by atomic mass is 32.2. The van der Waals surface area contributed by atoms with Gasteiger partial charge in [-0.05, 0) is 19.1 Å². The molecule has 0 fully saturated rings. The van der Waals surface area contributed by atoms with Crippen molar-refractivity contribution >= 4 is 10.0 Å². The Kier molecular flexibility index (Phi) is 3.30. The predicted molar refractivity (Wildman–Crippen MR) is 60.8 cm³/mol. The minimum atomic E-state index is -3.53. The standard InChI is InChI=1S/C10H13N3O3S/c1-8(5-9-3-2-4-16-9)13-17(14,15)10-6-11-7-12-10/h2-4,6-8,13H,5H2,1H3,(H,11,12). The largest absolute Gasteiger partial charge is 0.469 e. The Labute approximate surface area is 99.1 Å². The summed E-state index contributed by atoms with van der Waals surface area (Å²) in [6, 6.07) is 3.32. The smallest absolute Gasteiger partial charge is 0.257 e. The maximum atomic E-state index is 11.8. The highest BCUT2D eigenvalue weighted by molar-refractivity contribution is 7.89. The maximum Gasteiger partial charge on any atom is 0.257 e. The van der Waals surface area contributed by atoms with Crippen LogP contribution in [0, 0.1) is 0 Å². The number of aromatic nitrogens is 2. The zero-order valence-corrected chi connectivity index (χ0v) is 10.1. The molecule has 0 saturated heterocycles. The lowest BCUT2D eigenvalue weighted by molar-refractivity contribution is 0.478. The first-order valence-corrected chi connectivity index (χ1v) is 6.59. The second kappa shape index (κ2) is 4.72. The zero-order valence-electron chi connectivity index (χ0n) is 9.25. The van der Waals surface area contributed by atoms with Gasteiger partial charge < -0.3 is 9.40 Å². The number of nitrogens with zero attached hydrogens (tertiary/aromatic N) is 1. The summed E-state index contributed by atoms with van der Waals surface area (Å²) in [6.07, 6.45) is 4.65. The van der Waals surface area contributed by atoms with Crippen LogP contribution in [0.5, 0.6) is 0 Å². The van der Waals surface area contributed by atoms with Gasteiger partial charge in [0, 0.05) is 12.5 Å². The van der Waals surface area contributed by atoms with Crippen LogP contribution >= 0.6 is 0 Å². The SMILES string of the molecule is CC(Cc1ccco1)NS(=O)(=O)c1cnc[nH]1. The number of rotatable bonds is 5. The molecule has 0 aromatic carbocycles. The van der Waals surface area contributed by atoms with Gasteiger partial charge in [0.2, 0.25) is 0 Å². The number of imidazole rings is 1. The highest BCUT2D eigenvalue weighted by Crippen LogP contribution is 2.07. The molecule has 2 aromatic rings. The summed E-state index contributed by atoms with van der Waals surface area (Å²) in [5, 5.41) is 0.0591. The van der Waals surface area contributed by atoms with Crippen molar-refractivity contribution in [2.24, 2.45) is 0 Å². The van der Waals surface area contributed by atoms with Gasteiger partial charge in [0.15, 0.2) is 5.03 Å². The van der Waals surface area contributed by atoms with Crippen molar-refractivity contribution in [3.05, 3.63) is 36.7 Å². The van der Waals surface area contributed by atoms with Gasteiger partial charge in [-0.1, -0.05) is 0 Å². The van der Waals surface area contributed by atoms with E-state index in [0.717, 1.165) is 5.76 Å². The third-order valence-corrected chi connectivity index (χ3v) is 3.72. The lowest BCUT2D eigenvalue weighted by Gasteiger charge is -2.11. The molecule has 0 aliphatic carbocycles. The van der Waals surface area contributed by atoms with E-state index >= 15 is 0 Å². The summed E-state index contributed by atoms with van der Waals surface area (Å²) in [5.41, 5.74) is 0. The fourth-order valence-corrected chi connectivity index (χ4v) is 2.64. The monoisotopic (exact) mass is 255 g/mol. The van der Waals surface area contributed by atoms with Crippen molar-refractivity contribution in [1.29, 1.82) is 0 Å². The number of nitrogens with one attached hydrogen (secondary N) is 2. The van der Waals surface area contributed by atoms with Gasteiger partial charge in [0.1, 0.15) is 5.76 Å². The number of aromatic amines is 1. The van der Waals surface area contributed by atoms with E-state index < -0.39 is 10.0 Å². The van der Waals surface area contributed by atoms with E-state index in [1.807, 2.05) is 0 Å². The molecule has 6 nitrogen and oxygen atoms in total. The second-order valence-electron chi connectivity index (χ2n) is 3.72. The Hall–Kier alpha value is -1.60. The van der Waals surface area contributed by atoms with Crippen LogP contribution in [-0.2, 0) is 16.4 Å². The van der Waals surface area contributed by atoms with Crippen LogP contribution in [0.2, 0.25) is 0 Å². The molecule has 17 heavy (non-hydrogen) atoms. The molecule has 0 amide bonds. The number of sulfonamides is 1. The van der Waals surface area contributed by atoms with E-state index in [9.17, 15) is 8.42 Å². The molecule has 0 radical (unpaired) electrons. The summed E-state index contributed by atoms with van der Waals surface area (Å²) in [4.78, 5) is 6.23. The van der Waals surface area contributed by atoms with Gasteiger partial charge in [-0.2, -0.15) is 0 Å². The third kappa shape index (κ3) is 2.95. The molecule has 2 rings (SSSR count). The van der Waals surface area contributed by atoms with Gasteiger partial charge in [-0.3, -0.25) is 0 Å². The maximum absolute atomic E-state index is 11.8. The summed E-state index contributed by atoms with van der Waals surface area (Å²) in [6.45, 7) is 1.77. The van der Waals surface area contributed by atoms with Crippen molar-refractivity contribution in [3.8, 4) is 0 Å². The number of H-pyrrole nitrogens is 1. The second-order valence-corrected chi connectivity index (χ2v) is 5.40. The molecular weight excluding hydrogens is 242 g/mol. The molecule has 0 saturated carbocycles. The molecular formula is C10H13N3O3S. The quantitative estimate of drug-likeness (QED) is 0.831. The average molecular weight is 255 g/mol. The summed E-state index contributed by atoms with van der Waals surface area (Å²) >= 11 is 0. The molecule has 92 valence electrons. The number of hydrogen-bond donors (Lipinski definition) is 2. The first-order chi connectivity index (χ1) is 8.08. The average Bonchev–Trinajstić information content (AvgIpc) is 2.87. The van der Waals surface area contributed by atoms with E-state index in [1.165, 1.54) is 12.5 Å². The molecule has 0 spiro atoms. The van der Waals surface area contributed by atoms with E-state index in [4.69, 9.17) is 4.42 Å². The van der Waals surface area contributed by atoms with Crippen molar-refractivity contribution in [1.82, 2.24) is 14.7 Å². The molecule has 1 unspecified atom stereocenters. The van der Waals surface area contributed by atoms with Crippen LogP contribution < -0.4 is 4.72 Å². The first-order valence-electron chi connectivity index (χ1n) is 5.11. The van der Waals surface area contributed by atoms with E-state index in [1.54, 1.807) is 25.3 Å². The van der Waals surface area contributed by atoms with Gasteiger partial charge in [-0.15, -0.1) is 0 Å². The molecule has 2 aromatic heterocycles. The topological polar surface area (TPSA) is 88.0 Å². The van der Waals surface area contributed by atoms with E-state index in [0.29, 0.717) is 6.42 Å². The van der Waals surface area contributed by atoms with Gasteiger partial charge in [0.05, 0.1) is 18.8 Å². The predicted octanol–water partition coefficient (Wildman–Crippen LogP) is 0.912. The van der Waals surface area contributed by atoms with Crippen molar-refractivity contribution in [3.63, 3.8) is 0 Å². The highest BCUT2D eigenvalue weighted by Gasteiger charge is 2.19. The third-order valence-electron chi connectivity index (χ3n) is 2.21. The van der Waals surface area contributed by atoms with Crippen molar-refractivity contribution in [2.45, 2.75) is 24.4 Å².